The van der Waals surface area contributed by atoms with Gasteiger partial charge in [0.25, 0.3) is 0 Å². The number of aliphatic hydroxyl groups excluding tert-OH is 1. The van der Waals surface area contributed by atoms with Crippen molar-refractivity contribution in [3.05, 3.63) is 67.9 Å². The van der Waals surface area contributed by atoms with E-state index < -0.39 is 0 Å². The molecule has 0 aliphatic rings. The molecule has 0 saturated carbocycles. The number of aromatic nitrogens is 2. The molecule has 152 valence electrons. The van der Waals surface area contributed by atoms with Gasteiger partial charge in [-0.05, 0) is 87.5 Å². The van der Waals surface area contributed by atoms with Crippen molar-refractivity contribution in [3.8, 4) is 12.1 Å². The summed E-state index contributed by atoms with van der Waals surface area (Å²) in [5.74, 6) is 0. The molecule has 0 aliphatic heterocycles. The van der Waals surface area contributed by atoms with Gasteiger partial charge in [-0.3, -0.25) is 0 Å². The summed E-state index contributed by atoms with van der Waals surface area (Å²) in [4.78, 5) is 3.12. The quantitative estimate of drug-likeness (QED) is 0.338. The van der Waals surface area contributed by atoms with Crippen LogP contribution in [0.15, 0.2) is 45.6 Å². The molecular formula is C23H20Br2N4O. The van der Waals surface area contributed by atoms with Gasteiger partial charge in [-0.15, -0.1) is 0 Å². The molecule has 2 heterocycles. The van der Waals surface area contributed by atoms with Crippen LogP contribution in [-0.4, -0.2) is 21.3 Å². The number of hydrogen-bond donors (Lipinski definition) is 2. The van der Waals surface area contributed by atoms with Crippen LogP contribution in [0.4, 0.5) is 0 Å². The molecule has 0 fully saturated rings. The Morgan fingerprint density at radius 3 is 2.23 bits per heavy atom. The van der Waals surface area contributed by atoms with E-state index in [0.717, 1.165) is 60.4 Å². The van der Waals surface area contributed by atoms with Gasteiger partial charge in [-0.25, -0.2) is 0 Å². The van der Waals surface area contributed by atoms with Crippen molar-refractivity contribution in [3.63, 3.8) is 0 Å². The number of rotatable bonds is 3. The molecule has 4 aromatic rings. The summed E-state index contributed by atoms with van der Waals surface area (Å²) >= 11 is 6.92. The molecule has 30 heavy (non-hydrogen) atoms. The van der Waals surface area contributed by atoms with Crippen molar-refractivity contribution in [1.82, 2.24) is 9.55 Å². The molecule has 0 amide bonds. The third kappa shape index (κ3) is 4.44. The number of H-pyrrole nitrogens is 1. The lowest BCUT2D eigenvalue weighted by molar-refractivity contribution is 0.280. The van der Waals surface area contributed by atoms with Crippen molar-refractivity contribution in [2.45, 2.75) is 26.8 Å². The summed E-state index contributed by atoms with van der Waals surface area (Å²) in [5, 5.41) is 28.8. The van der Waals surface area contributed by atoms with Gasteiger partial charge in [0.05, 0.1) is 23.3 Å². The second-order valence-corrected chi connectivity index (χ2v) is 8.71. The van der Waals surface area contributed by atoms with Crippen LogP contribution in [0.2, 0.25) is 0 Å². The van der Waals surface area contributed by atoms with Crippen LogP contribution in [0.3, 0.4) is 0 Å². The number of nitriles is 2. The Balaban J connectivity index is 0.000000177. The lowest BCUT2D eigenvalue weighted by Crippen LogP contribution is -1.98. The van der Waals surface area contributed by atoms with Crippen molar-refractivity contribution in [1.29, 1.82) is 10.5 Å². The Morgan fingerprint density at radius 2 is 1.60 bits per heavy atom. The zero-order chi connectivity index (χ0) is 21.8. The number of fused-ring (bicyclic) bond motifs is 2. The Labute approximate surface area is 191 Å². The fourth-order valence-corrected chi connectivity index (χ4v) is 4.32. The Morgan fingerprint density at radius 1 is 0.967 bits per heavy atom. The number of nitrogens with zero attached hydrogens (tertiary/aromatic N) is 3. The van der Waals surface area contributed by atoms with Gasteiger partial charge >= 0.3 is 0 Å². The van der Waals surface area contributed by atoms with E-state index in [1.54, 1.807) is 0 Å². The molecule has 0 saturated heterocycles. The van der Waals surface area contributed by atoms with E-state index >= 15 is 0 Å². The first-order valence-electron chi connectivity index (χ1n) is 9.36. The predicted molar refractivity (Wildman–Crippen MR) is 126 cm³/mol. The first-order chi connectivity index (χ1) is 14.4. The molecule has 5 nitrogen and oxygen atoms in total. The minimum atomic E-state index is 0.187. The summed E-state index contributed by atoms with van der Waals surface area (Å²) in [5.41, 5.74) is 5.58. The van der Waals surface area contributed by atoms with Crippen molar-refractivity contribution in [2.75, 3.05) is 6.61 Å². The lowest BCUT2D eigenvalue weighted by Gasteiger charge is -2.05. The average Bonchev–Trinajstić information content (AvgIpc) is 3.24. The van der Waals surface area contributed by atoms with Crippen LogP contribution in [0.1, 0.15) is 28.7 Å². The number of benzene rings is 2. The Bertz CT molecular complexity index is 1310. The number of aryl methyl sites for hydroxylation is 3. The van der Waals surface area contributed by atoms with E-state index in [9.17, 15) is 0 Å². The average molecular weight is 528 g/mol. The van der Waals surface area contributed by atoms with E-state index in [2.05, 4.69) is 53.5 Å². The van der Waals surface area contributed by atoms with Gasteiger partial charge in [0.2, 0.25) is 0 Å². The SMILES string of the molecule is Cc1cc2[nH]cc(Br)c2cc1C#N.Cc1cc2c(cc1C#N)c(Br)cn2CCCO. The molecule has 0 bridgehead atoms. The fraction of sp³-hybridized carbons (Fsp3) is 0.217. The Kier molecular flexibility index (Phi) is 6.99. The fourth-order valence-electron chi connectivity index (χ4n) is 3.31. The summed E-state index contributed by atoms with van der Waals surface area (Å²) in [7, 11) is 0. The largest absolute Gasteiger partial charge is 0.396 e. The van der Waals surface area contributed by atoms with Crippen LogP contribution < -0.4 is 0 Å². The van der Waals surface area contributed by atoms with E-state index in [1.165, 1.54) is 0 Å². The molecule has 7 heteroatoms. The molecule has 0 unspecified atom stereocenters. The number of halogens is 2. The summed E-state index contributed by atoms with van der Waals surface area (Å²) in [6, 6.07) is 12.2. The summed E-state index contributed by atoms with van der Waals surface area (Å²) < 4.78 is 4.09. The minimum absolute atomic E-state index is 0.187. The zero-order valence-electron chi connectivity index (χ0n) is 16.6. The minimum Gasteiger partial charge on any atom is -0.396 e. The number of hydrogen-bond acceptors (Lipinski definition) is 3. The monoisotopic (exact) mass is 526 g/mol. The number of aliphatic hydroxyl groups is 1. The standard InChI is InChI=1S/C13H13BrN2O.C10H7BrN2/c1-9-5-13-11(6-10(9)7-15)12(14)8-16(13)3-2-4-17;1-6-2-10-8(3-7(6)4-12)9(11)5-13-10/h5-6,8,17H,2-4H2,1H3;2-3,5,13H,1H3. The molecule has 0 radical (unpaired) electrons. The second kappa shape index (κ2) is 9.49. The molecule has 2 aromatic carbocycles. The van der Waals surface area contributed by atoms with Crippen LogP contribution in [-0.2, 0) is 6.54 Å². The van der Waals surface area contributed by atoms with Crippen LogP contribution in [0.25, 0.3) is 21.8 Å². The first-order valence-corrected chi connectivity index (χ1v) is 11.0. The van der Waals surface area contributed by atoms with E-state index in [4.69, 9.17) is 15.6 Å². The molecule has 0 aliphatic carbocycles. The highest BCUT2D eigenvalue weighted by Crippen LogP contribution is 2.29. The van der Waals surface area contributed by atoms with E-state index in [1.807, 2.05) is 50.5 Å². The zero-order valence-corrected chi connectivity index (χ0v) is 19.8. The molecule has 4 rings (SSSR count). The maximum absolute atomic E-state index is 9.01. The number of aromatic amines is 1. The second-order valence-electron chi connectivity index (χ2n) is 7.00. The van der Waals surface area contributed by atoms with E-state index in [0.29, 0.717) is 5.56 Å². The third-order valence-corrected chi connectivity index (χ3v) is 6.24. The van der Waals surface area contributed by atoms with Gasteiger partial charge in [-0.1, -0.05) is 0 Å². The van der Waals surface area contributed by atoms with Crippen LogP contribution >= 0.6 is 31.9 Å². The third-order valence-electron chi connectivity index (χ3n) is 4.95. The van der Waals surface area contributed by atoms with Crippen molar-refractivity contribution < 1.29 is 5.11 Å². The Hall–Kier alpha value is -2.58. The maximum atomic E-state index is 9.01. The number of nitrogens with one attached hydrogen (secondary N) is 1. The maximum Gasteiger partial charge on any atom is 0.0994 e. The topological polar surface area (TPSA) is 88.5 Å². The van der Waals surface area contributed by atoms with Gasteiger partial charge in [0, 0.05) is 56.3 Å². The lowest BCUT2D eigenvalue weighted by atomic mass is 10.1. The normalized spacial score (nSPS) is 10.5. The van der Waals surface area contributed by atoms with Gasteiger partial charge in [0.1, 0.15) is 0 Å². The van der Waals surface area contributed by atoms with Crippen LogP contribution in [0.5, 0.6) is 0 Å². The van der Waals surface area contributed by atoms with Crippen molar-refractivity contribution >= 4 is 53.7 Å². The molecule has 0 spiro atoms. The van der Waals surface area contributed by atoms with Gasteiger partial charge in [0.15, 0.2) is 0 Å². The molecule has 2 aromatic heterocycles. The van der Waals surface area contributed by atoms with Crippen LogP contribution in [0, 0.1) is 36.5 Å². The van der Waals surface area contributed by atoms with Gasteiger partial charge < -0.3 is 14.7 Å². The summed E-state index contributed by atoms with van der Waals surface area (Å²) in [6.45, 7) is 4.85. The highest BCUT2D eigenvalue weighted by atomic mass is 79.9. The highest BCUT2D eigenvalue weighted by molar-refractivity contribution is 9.11. The molecular weight excluding hydrogens is 508 g/mol. The molecule has 0 atom stereocenters. The van der Waals surface area contributed by atoms with E-state index in [-0.39, 0.29) is 6.61 Å². The predicted octanol–water partition coefficient (Wildman–Crippen LogP) is 6.08. The summed E-state index contributed by atoms with van der Waals surface area (Å²) in [6.07, 6.45) is 4.61. The smallest absolute Gasteiger partial charge is 0.0994 e. The highest BCUT2D eigenvalue weighted by Gasteiger charge is 2.09. The molecule has 2 N–H and O–H groups in total. The van der Waals surface area contributed by atoms with Gasteiger partial charge in [-0.2, -0.15) is 10.5 Å². The first kappa shape index (κ1) is 22.1. The van der Waals surface area contributed by atoms with Crippen molar-refractivity contribution in [2.24, 2.45) is 0 Å².